The van der Waals surface area contributed by atoms with E-state index in [2.05, 4.69) is 43.0 Å². The molecule has 0 saturated carbocycles. The Kier molecular flexibility index (Phi) is 7.31. The summed E-state index contributed by atoms with van der Waals surface area (Å²) in [6.07, 6.45) is 3.33. The maximum absolute atomic E-state index is 11.2. The van der Waals surface area contributed by atoms with Crippen molar-refractivity contribution in [3.63, 3.8) is 0 Å². The predicted molar refractivity (Wildman–Crippen MR) is 111 cm³/mol. The van der Waals surface area contributed by atoms with Crippen LogP contribution in [0.25, 0.3) is 0 Å². The van der Waals surface area contributed by atoms with Crippen LogP contribution >= 0.6 is 0 Å². The molecule has 2 aromatic rings. The lowest BCUT2D eigenvalue weighted by molar-refractivity contribution is 0.109. The highest BCUT2D eigenvalue weighted by Gasteiger charge is 2.26. The van der Waals surface area contributed by atoms with Crippen LogP contribution < -0.4 is 4.74 Å². The Morgan fingerprint density at radius 1 is 0.889 bits per heavy atom. The fraction of sp³-hybridized carbons (Fsp3) is 0.500. The van der Waals surface area contributed by atoms with Crippen molar-refractivity contribution in [1.29, 1.82) is 0 Å². The molecule has 1 fully saturated rings. The van der Waals surface area contributed by atoms with Gasteiger partial charge in [0.15, 0.2) is 0 Å². The molecule has 1 saturated heterocycles. The fourth-order valence-corrected chi connectivity index (χ4v) is 3.76. The Balaban J connectivity index is 1.74. The summed E-state index contributed by atoms with van der Waals surface area (Å²) < 4.78 is 5.78. The van der Waals surface area contributed by atoms with Crippen molar-refractivity contribution in [2.45, 2.75) is 45.1 Å². The van der Waals surface area contributed by atoms with E-state index in [1.807, 2.05) is 30.3 Å². The van der Waals surface area contributed by atoms with E-state index in [4.69, 9.17) is 4.74 Å². The molecule has 1 aliphatic rings. The standard InChI is InChI=1S/C24H33NO2/c1-19(2)18-27-22-13-11-21(12-14-22)24(26)23(20-9-5-3-6-10-20)17-25-15-7-4-8-16-25/h3,5-6,9-14,19,23-24,26H,4,7-8,15-18H2,1-2H3/t23-,24+/m0/s1. The van der Waals surface area contributed by atoms with Gasteiger partial charge in [0.25, 0.3) is 0 Å². The molecule has 1 N–H and O–H groups in total. The minimum absolute atomic E-state index is 0.0757. The molecule has 0 spiro atoms. The first-order valence-corrected chi connectivity index (χ1v) is 10.3. The predicted octanol–water partition coefficient (Wildman–Crippen LogP) is 5.02. The first-order valence-electron chi connectivity index (χ1n) is 10.3. The van der Waals surface area contributed by atoms with Crippen LogP contribution in [0.3, 0.4) is 0 Å². The van der Waals surface area contributed by atoms with Gasteiger partial charge in [0.05, 0.1) is 12.7 Å². The lowest BCUT2D eigenvalue weighted by atomic mass is 9.88. The number of likely N-dealkylation sites (tertiary alicyclic amines) is 1. The van der Waals surface area contributed by atoms with Gasteiger partial charge in [0.2, 0.25) is 0 Å². The van der Waals surface area contributed by atoms with Gasteiger partial charge in [0, 0.05) is 12.5 Å². The molecule has 0 amide bonds. The monoisotopic (exact) mass is 367 g/mol. The zero-order chi connectivity index (χ0) is 19.1. The van der Waals surface area contributed by atoms with Gasteiger partial charge in [-0.15, -0.1) is 0 Å². The van der Waals surface area contributed by atoms with E-state index < -0.39 is 6.10 Å². The number of ether oxygens (including phenoxy) is 1. The van der Waals surface area contributed by atoms with Crippen molar-refractivity contribution in [2.24, 2.45) is 5.92 Å². The van der Waals surface area contributed by atoms with E-state index in [0.29, 0.717) is 12.5 Å². The van der Waals surface area contributed by atoms with Crippen LogP contribution in [-0.2, 0) is 0 Å². The normalized spacial score (nSPS) is 17.6. The number of aliphatic hydroxyl groups excluding tert-OH is 1. The molecule has 0 aliphatic carbocycles. The number of rotatable bonds is 8. The number of piperidine rings is 1. The molecule has 2 aromatic carbocycles. The van der Waals surface area contributed by atoms with Gasteiger partial charge < -0.3 is 14.7 Å². The second-order valence-electron chi connectivity index (χ2n) is 8.10. The van der Waals surface area contributed by atoms with Gasteiger partial charge in [0.1, 0.15) is 5.75 Å². The molecular weight excluding hydrogens is 334 g/mol. The molecule has 3 nitrogen and oxygen atoms in total. The first-order chi connectivity index (χ1) is 13.1. The van der Waals surface area contributed by atoms with Crippen LogP contribution in [0.15, 0.2) is 54.6 Å². The highest BCUT2D eigenvalue weighted by atomic mass is 16.5. The summed E-state index contributed by atoms with van der Waals surface area (Å²) in [7, 11) is 0. The van der Waals surface area contributed by atoms with Gasteiger partial charge in [-0.1, -0.05) is 62.7 Å². The average molecular weight is 368 g/mol. The molecule has 27 heavy (non-hydrogen) atoms. The fourth-order valence-electron chi connectivity index (χ4n) is 3.76. The van der Waals surface area contributed by atoms with Crippen LogP contribution in [0.2, 0.25) is 0 Å². The number of nitrogens with zero attached hydrogens (tertiary/aromatic N) is 1. The number of hydrogen-bond donors (Lipinski definition) is 1. The van der Waals surface area contributed by atoms with E-state index in [0.717, 1.165) is 30.9 Å². The van der Waals surface area contributed by atoms with Crippen molar-refractivity contribution in [3.05, 3.63) is 65.7 Å². The molecule has 0 unspecified atom stereocenters. The van der Waals surface area contributed by atoms with E-state index in [1.165, 1.54) is 24.8 Å². The summed E-state index contributed by atoms with van der Waals surface area (Å²) in [5.41, 5.74) is 2.16. The van der Waals surface area contributed by atoms with Crippen LogP contribution in [0.5, 0.6) is 5.75 Å². The maximum Gasteiger partial charge on any atom is 0.119 e. The van der Waals surface area contributed by atoms with Gasteiger partial charge in [-0.2, -0.15) is 0 Å². The lowest BCUT2D eigenvalue weighted by Crippen LogP contribution is -2.35. The van der Waals surface area contributed by atoms with Gasteiger partial charge in [-0.05, 0) is 55.1 Å². The third-order valence-electron chi connectivity index (χ3n) is 5.32. The summed E-state index contributed by atoms with van der Waals surface area (Å²) in [5, 5.41) is 11.2. The molecule has 0 bridgehead atoms. The van der Waals surface area contributed by atoms with Gasteiger partial charge >= 0.3 is 0 Å². The van der Waals surface area contributed by atoms with Crippen molar-refractivity contribution in [2.75, 3.05) is 26.2 Å². The number of hydrogen-bond acceptors (Lipinski definition) is 3. The zero-order valence-corrected chi connectivity index (χ0v) is 16.7. The van der Waals surface area contributed by atoms with Crippen molar-refractivity contribution in [3.8, 4) is 5.75 Å². The summed E-state index contributed by atoms with van der Waals surface area (Å²) >= 11 is 0. The molecule has 1 aliphatic heterocycles. The topological polar surface area (TPSA) is 32.7 Å². The van der Waals surface area contributed by atoms with E-state index in [1.54, 1.807) is 0 Å². The highest BCUT2D eigenvalue weighted by Crippen LogP contribution is 2.33. The zero-order valence-electron chi connectivity index (χ0n) is 16.7. The Bertz CT molecular complexity index is 663. The number of aliphatic hydroxyl groups is 1. The molecule has 3 rings (SSSR count). The minimum Gasteiger partial charge on any atom is -0.493 e. The smallest absolute Gasteiger partial charge is 0.119 e. The molecule has 2 atom stereocenters. The second-order valence-corrected chi connectivity index (χ2v) is 8.10. The third kappa shape index (κ3) is 5.82. The molecule has 0 radical (unpaired) electrons. The molecular formula is C24H33NO2. The average Bonchev–Trinajstić information content (AvgIpc) is 2.72. The number of benzene rings is 2. The molecule has 1 heterocycles. The van der Waals surface area contributed by atoms with Crippen LogP contribution in [-0.4, -0.2) is 36.2 Å². The summed E-state index contributed by atoms with van der Waals surface area (Å²) in [4.78, 5) is 2.50. The Morgan fingerprint density at radius 3 is 2.19 bits per heavy atom. The molecule has 146 valence electrons. The SMILES string of the molecule is CC(C)COc1ccc([C@@H](O)[C@@H](CN2CCCCC2)c2ccccc2)cc1. The van der Waals surface area contributed by atoms with Gasteiger partial charge in [-0.25, -0.2) is 0 Å². The summed E-state index contributed by atoms with van der Waals surface area (Å²) in [6.45, 7) is 8.17. The van der Waals surface area contributed by atoms with Crippen molar-refractivity contribution in [1.82, 2.24) is 4.90 Å². The van der Waals surface area contributed by atoms with Crippen LogP contribution in [0.4, 0.5) is 0 Å². The highest BCUT2D eigenvalue weighted by molar-refractivity contribution is 5.32. The Hall–Kier alpha value is -1.84. The maximum atomic E-state index is 11.2. The Morgan fingerprint density at radius 2 is 1.56 bits per heavy atom. The van der Waals surface area contributed by atoms with Crippen molar-refractivity contribution >= 4 is 0 Å². The minimum atomic E-state index is -0.520. The first kappa shape index (κ1) is 19.9. The van der Waals surface area contributed by atoms with Crippen LogP contribution in [0.1, 0.15) is 56.3 Å². The summed E-state index contributed by atoms with van der Waals surface area (Å²) in [6, 6.07) is 18.4. The van der Waals surface area contributed by atoms with Gasteiger partial charge in [-0.3, -0.25) is 0 Å². The summed E-state index contributed by atoms with van der Waals surface area (Å²) in [5.74, 6) is 1.45. The Labute approximate surface area is 164 Å². The second kappa shape index (κ2) is 9.91. The third-order valence-corrected chi connectivity index (χ3v) is 5.32. The van der Waals surface area contributed by atoms with Crippen molar-refractivity contribution < 1.29 is 9.84 Å². The van der Waals surface area contributed by atoms with Crippen LogP contribution in [0, 0.1) is 5.92 Å². The molecule has 0 aromatic heterocycles. The van der Waals surface area contributed by atoms with E-state index in [-0.39, 0.29) is 5.92 Å². The van der Waals surface area contributed by atoms with E-state index >= 15 is 0 Å². The lowest BCUT2D eigenvalue weighted by Gasteiger charge is -2.33. The quantitative estimate of drug-likeness (QED) is 0.711. The molecule has 3 heteroatoms. The largest absolute Gasteiger partial charge is 0.493 e. The van der Waals surface area contributed by atoms with E-state index in [9.17, 15) is 5.11 Å².